The number of aryl methyl sites for hydroxylation is 3. The summed E-state index contributed by atoms with van der Waals surface area (Å²) in [7, 11) is 0. The van der Waals surface area contributed by atoms with Gasteiger partial charge in [0.15, 0.2) is 0 Å². The van der Waals surface area contributed by atoms with Crippen molar-refractivity contribution in [3.05, 3.63) is 65.2 Å². The molecule has 0 saturated heterocycles. The fourth-order valence-corrected chi connectivity index (χ4v) is 5.06. The number of aliphatic hydroxyl groups is 2. The van der Waals surface area contributed by atoms with Crippen molar-refractivity contribution in [3.8, 4) is 11.3 Å². The summed E-state index contributed by atoms with van der Waals surface area (Å²) in [6, 6.07) is 18.1. The number of fused-ring (bicyclic) bond motifs is 2. The zero-order valence-corrected chi connectivity index (χ0v) is 20.2. The number of benzene rings is 2. The zero-order valence-electron chi connectivity index (χ0n) is 17.9. The van der Waals surface area contributed by atoms with Crippen molar-refractivity contribution in [2.45, 2.75) is 58.7 Å². The molecule has 2 aromatic carbocycles. The third-order valence-electron chi connectivity index (χ3n) is 6.47. The van der Waals surface area contributed by atoms with Gasteiger partial charge in [0.2, 0.25) is 0 Å². The van der Waals surface area contributed by atoms with Gasteiger partial charge < -0.3 is 10.2 Å². The van der Waals surface area contributed by atoms with E-state index in [1.54, 1.807) is 0 Å². The topological polar surface area (TPSA) is 53.4 Å². The Balaban J connectivity index is 0.000000197. The van der Waals surface area contributed by atoms with Gasteiger partial charge in [0.1, 0.15) is 0 Å². The van der Waals surface area contributed by atoms with E-state index in [-0.39, 0.29) is 38.2 Å². The number of hydrogen-bond acceptors (Lipinski definition) is 3. The molecule has 2 saturated carbocycles. The van der Waals surface area contributed by atoms with E-state index >= 15 is 0 Å². The standard InChI is InChI=1S/C18H16N.C8H14O2.Ir/c1-12-9-13(2)11-15(10-12)17-8-7-16-14(3)5-4-6-18(16)19-17;9-6-3-1-5-2-4-7(10)8(5)6;/h4-10H,1-3H3;5-10H,1-4H2;/q-1;;. The Morgan fingerprint density at radius 2 is 1.60 bits per heavy atom. The summed E-state index contributed by atoms with van der Waals surface area (Å²) in [6.45, 7) is 6.30. The summed E-state index contributed by atoms with van der Waals surface area (Å²) < 4.78 is 0. The molecule has 1 heterocycles. The molecule has 0 spiro atoms. The van der Waals surface area contributed by atoms with Gasteiger partial charge in [-0.05, 0) is 55.8 Å². The van der Waals surface area contributed by atoms with Crippen LogP contribution in [0.2, 0.25) is 0 Å². The maximum atomic E-state index is 9.41. The molecule has 4 heteroatoms. The van der Waals surface area contributed by atoms with Gasteiger partial charge in [-0.15, -0.1) is 34.9 Å². The Bertz CT molecular complexity index is 985. The number of hydrogen-bond donors (Lipinski definition) is 2. The molecule has 1 aromatic heterocycles. The van der Waals surface area contributed by atoms with E-state index in [0.29, 0.717) is 5.92 Å². The summed E-state index contributed by atoms with van der Waals surface area (Å²) in [5, 5.41) is 20.0. The van der Waals surface area contributed by atoms with E-state index in [0.717, 1.165) is 48.0 Å². The van der Waals surface area contributed by atoms with Crippen LogP contribution >= 0.6 is 0 Å². The van der Waals surface area contributed by atoms with Crippen LogP contribution in [0.3, 0.4) is 0 Å². The molecule has 0 amide bonds. The third kappa shape index (κ3) is 4.83. The Kier molecular flexibility index (Phi) is 7.47. The van der Waals surface area contributed by atoms with Crippen molar-refractivity contribution in [2.75, 3.05) is 0 Å². The molecule has 161 valence electrons. The molecular weight excluding hydrogens is 551 g/mol. The SMILES string of the molecule is Cc1[c-]c(-c2ccc3c(C)cccc3n2)cc(C)c1.OC1CCC2CCC(O)C12.[Ir]. The maximum absolute atomic E-state index is 9.41. The second-order valence-electron chi connectivity index (χ2n) is 8.72. The van der Waals surface area contributed by atoms with Crippen LogP contribution < -0.4 is 0 Å². The van der Waals surface area contributed by atoms with E-state index in [4.69, 9.17) is 4.98 Å². The van der Waals surface area contributed by atoms with Gasteiger partial charge in [-0.2, -0.15) is 0 Å². The predicted molar refractivity (Wildman–Crippen MR) is 118 cm³/mol. The van der Waals surface area contributed by atoms with Gasteiger partial charge in [-0.25, -0.2) is 0 Å². The minimum absolute atomic E-state index is 0. The quantitative estimate of drug-likeness (QED) is 0.392. The average Bonchev–Trinajstić information content (AvgIpc) is 3.25. The van der Waals surface area contributed by atoms with Crippen molar-refractivity contribution in [2.24, 2.45) is 11.8 Å². The first-order valence-electron chi connectivity index (χ1n) is 10.7. The van der Waals surface area contributed by atoms with Gasteiger partial charge in [0, 0.05) is 31.4 Å². The molecule has 0 bridgehead atoms. The smallest absolute Gasteiger partial charge is 0.0597 e. The van der Waals surface area contributed by atoms with Gasteiger partial charge >= 0.3 is 0 Å². The summed E-state index contributed by atoms with van der Waals surface area (Å²) in [4.78, 5) is 4.76. The van der Waals surface area contributed by atoms with E-state index in [9.17, 15) is 10.2 Å². The van der Waals surface area contributed by atoms with Crippen LogP contribution in [0, 0.1) is 38.7 Å². The minimum atomic E-state index is -0.206. The fourth-order valence-electron chi connectivity index (χ4n) is 5.06. The second kappa shape index (κ2) is 9.70. The minimum Gasteiger partial charge on any atom is -0.393 e. The Morgan fingerprint density at radius 3 is 2.23 bits per heavy atom. The number of aromatic nitrogens is 1. The van der Waals surface area contributed by atoms with Crippen LogP contribution in [0.5, 0.6) is 0 Å². The Morgan fingerprint density at radius 1 is 0.900 bits per heavy atom. The van der Waals surface area contributed by atoms with Crippen LogP contribution in [-0.2, 0) is 20.1 Å². The largest absolute Gasteiger partial charge is 0.393 e. The van der Waals surface area contributed by atoms with Crippen LogP contribution in [0.1, 0.15) is 42.4 Å². The van der Waals surface area contributed by atoms with Crippen LogP contribution in [0.15, 0.2) is 42.5 Å². The molecule has 5 rings (SSSR count). The predicted octanol–water partition coefficient (Wildman–Crippen LogP) is 5.15. The van der Waals surface area contributed by atoms with Crippen molar-refractivity contribution in [1.29, 1.82) is 0 Å². The summed E-state index contributed by atoms with van der Waals surface area (Å²) in [5.74, 6) is 0.852. The average molecular weight is 581 g/mol. The van der Waals surface area contributed by atoms with Crippen molar-refractivity contribution < 1.29 is 30.3 Å². The number of pyridine rings is 1. The number of aliphatic hydroxyl groups excluding tert-OH is 2. The molecule has 2 N–H and O–H groups in total. The number of nitrogens with zero attached hydrogens (tertiary/aromatic N) is 1. The van der Waals surface area contributed by atoms with Gasteiger partial charge in [0.05, 0.1) is 17.7 Å². The maximum Gasteiger partial charge on any atom is 0.0597 e. The van der Waals surface area contributed by atoms with E-state index < -0.39 is 0 Å². The molecule has 2 aliphatic carbocycles. The molecule has 2 atom stereocenters. The molecular formula is C26H30IrNO2-. The molecule has 2 fully saturated rings. The molecule has 2 aliphatic rings. The van der Waals surface area contributed by atoms with Crippen molar-refractivity contribution in [3.63, 3.8) is 0 Å². The molecule has 0 aliphatic heterocycles. The van der Waals surface area contributed by atoms with Crippen LogP contribution in [0.4, 0.5) is 0 Å². The van der Waals surface area contributed by atoms with E-state index in [1.807, 2.05) is 0 Å². The summed E-state index contributed by atoms with van der Waals surface area (Å²) >= 11 is 0. The normalized spacial score (nSPS) is 24.7. The van der Waals surface area contributed by atoms with Gasteiger partial charge in [-0.1, -0.05) is 38.1 Å². The molecule has 30 heavy (non-hydrogen) atoms. The van der Waals surface area contributed by atoms with Gasteiger partial charge in [0.25, 0.3) is 0 Å². The third-order valence-corrected chi connectivity index (χ3v) is 6.47. The Hall–Kier alpha value is -1.58. The van der Waals surface area contributed by atoms with Crippen molar-refractivity contribution >= 4 is 10.9 Å². The van der Waals surface area contributed by atoms with Crippen LogP contribution in [-0.4, -0.2) is 27.4 Å². The molecule has 3 aromatic rings. The van der Waals surface area contributed by atoms with E-state index in [2.05, 4.69) is 69.3 Å². The second-order valence-corrected chi connectivity index (χ2v) is 8.72. The summed E-state index contributed by atoms with van der Waals surface area (Å²) in [5.41, 5.74) is 6.77. The van der Waals surface area contributed by atoms with Crippen LogP contribution in [0.25, 0.3) is 22.2 Å². The monoisotopic (exact) mass is 581 g/mol. The van der Waals surface area contributed by atoms with Crippen molar-refractivity contribution in [1.82, 2.24) is 4.98 Å². The molecule has 3 nitrogen and oxygen atoms in total. The number of rotatable bonds is 1. The molecule has 2 unspecified atom stereocenters. The first-order valence-corrected chi connectivity index (χ1v) is 10.7. The fraction of sp³-hybridized carbons (Fsp3) is 0.423. The van der Waals surface area contributed by atoms with E-state index in [1.165, 1.54) is 16.5 Å². The zero-order chi connectivity index (χ0) is 20.5. The van der Waals surface area contributed by atoms with Gasteiger partial charge in [-0.3, -0.25) is 4.98 Å². The first-order chi connectivity index (χ1) is 13.9. The molecule has 1 radical (unpaired) electrons. The summed E-state index contributed by atoms with van der Waals surface area (Å²) in [6.07, 6.45) is 3.66. The first kappa shape index (κ1) is 23.1. The Labute approximate surface area is 192 Å².